The van der Waals surface area contributed by atoms with Crippen molar-refractivity contribution in [3.8, 4) is 16.9 Å². The Kier molecular flexibility index (Phi) is 7.86. The Labute approximate surface area is 228 Å². The number of fused-ring (bicyclic) bond motifs is 1. The lowest BCUT2D eigenvalue weighted by molar-refractivity contribution is 0.0731. The van der Waals surface area contributed by atoms with Gasteiger partial charge in [0, 0.05) is 53.8 Å². The van der Waals surface area contributed by atoms with Gasteiger partial charge < -0.3 is 20.3 Å². The fraction of sp³-hybridized carbons (Fsp3) is 0.379. The number of benzene rings is 2. The van der Waals surface area contributed by atoms with Crippen molar-refractivity contribution >= 4 is 21.6 Å². The fourth-order valence-electron chi connectivity index (χ4n) is 5.18. The highest BCUT2D eigenvalue weighted by Crippen LogP contribution is 2.31. The van der Waals surface area contributed by atoms with Crippen LogP contribution in [-0.4, -0.2) is 62.7 Å². The lowest BCUT2D eigenvalue weighted by Crippen LogP contribution is -2.33. The van der Waals surface area contributed by atoms with Crippen molar-refractivity contribution in [2.45, 2.75) is 43.7 Å². The third kappa shape index (κ3) is 5.91. The maximum atomic E-state index is 15.1. The van der Waals surface area contributed by atoms with Gasteiger partial charge in [-0.25, -0.2) is 17.8 Å². The number of aromatic nitrogens is 1. The van der Waals surface area contributed by atoms with E-state index in [-0.39, 0.29) is 30.0 Å². The summed E-state index contributed by atoms with van der Waals surface area (Å²) in [5.74, 6) is 0.299. The minimum Gasteiger partial charge on any atom is -0.491 e. The first-order valence-corrected chi connectivity index (χ1v) is 15.1. The summed E-state index contributed by atoms with van der Waals surface area (Å²) in [6, 6.07) is 12.9. The predicted octanol–water partition coefficient (Wildman–Crippen LogP) is 4.05. The Balaban J connectivity index is 1.35. The van der Waals surface area contributed by atoms with Gasteiger partial charge in [0.1, 0.15) is 28.9 Å². The summed E-state index contributed by atoms with van der Waals surface area (Å²) in [4.78, 5) is 19.3. The third-order valence-corrected chi connectivity index (χ3v) is 8.42. The normalized spacial score (nSPS) is 17.3. The molecular weight excluding hydrogens is 519 g/mol. The van der Waals surface area contributed by atoms with Gasteiger partial charge >= 0.3 is 0 Å². The maximum absolute atomic E-state index is 15.1. The van der Waals surface area contributed by atoms with Crippen LogP contribution in [0.1, 0.15) is 41.3 Å². The number of nitrogens with one attached hydrogen (secondary N) is 2. The lowest BCUT2D eigenvalue weighted by Gasteiger charge is -2.22. The van der Waals surface area contributed by atoms with Crippen LogP contribution < -0.4 is 15.4 Å². The van der Waals surface area contributed by atoms with Gasteiger partial charge in [-0.1, -0.05) is 13.0 Å². The second-order valence-corrected chi connectivity index (χ2v) is 12.0. The zero-order valence-electron chi connectivity index (χ0n) is 22.2. The Morgan fingerprint density at radius 2 is 2.03 bits per heavy atom. The number of ether oxygens (including phenoxy) is 1. The first-order valence-electron chi connectivity index (χ1n) is 13.2. The summed E-state index contributed by atoms with van der Waals surface area (Å²) in [7, 11) is -3.75. The monoisotopic (exact) mass is 552 g/mol. The summed E-state index contributed by atoms with van der Waals surface area (Å²) in [5.41, 5.74) is 2.99. The van der Waals surface area contributed by atoms with Crippen LogP contribution in [0.4, 0.5) is 10.2 Å². The number of hydrogen-bond acceptors (Lipinski definition) is 7. The second kappa shape index (κ2) is 11.3. The molecule has 1 amide bonds. The van der Waals surface area contributed by atoms with Crippen LogP contribution in [0.25, 0.3) is 11.1 Å². The molecule has 3 heterocycles. The third-order valence-electron chi connectivity index (χ3n) is 7.31. The van der Waals surface area contributed by atoms with Crippen molar-refractivity contribution in [1.29, 1.82) is 0 Å². The van der Waals surface area contributed by atoms with E-state index in [0.29, 0.717) is 24.9 Å². The number of amides is 1. The van der Waals surface area contributed by atoms with Crippen LogP contribution in [0.2, 0.25) is 0 Å². The Hall–Kier alpha value is -3.50. The van der Waals surface area contributed by atoms with Gasteiger partial charge in [0.05, 0.1) is 6.54 Å². The van der Waals surface area contributed by atoms with E-state index in [4.69, 9.17) is 4.74 Å². The molecule has 39 heavy (non-hydrogen) atoms. The van der Waals surface area contributed by atoms with Gasteiger partial charge in [-0.2, -0.15) is 0 Å². The van der Waals surface area contributed by atoms with Crippen molar-refractivity contribution in [2.75, 3.05) is 37.8 Å². The topological polar surface area (TPSA) is 101 Å². The Morgan fingerprint density at radius 1 is 1.21 bits per heavy atom. The van der Waals surface area contributed by atoms with Crippen LogP contribution >= 0.6 is 0 Å². The summed E-state index contributed by atoms with van der Waals surface area (Å²) < 4.78 is 45.0. The molecule has 0 spiro atoms. The van der Waals surface area contributed by atoms with Gasteiger partial charge in [0.15, 0.2) is 9.84 Å². The maximum Gasteiger partial charge on any atom is 0.254 e. The highest BCUT2D eigenvalue weighted by atomic mass is 32.2. The summed E-state index contributed by atoms with van der Waals surface area (Å²) in [6.07, 6.45) is 5.35. The molecule has 5 rings (SSSR count). The zero-order chi connectivity index (χ0) is 27.6. The van der Waals surface area contributed by atoms with Crippen LogP contribution in [0.3, 0.4) is 0 Å². The molecule has 1 aromatic heterocycles. The average Bonchev–Trinajstić information content (AvgIpc) is 3.35. The molecule has 2 aliphatic rings. The van der Waals surface area contributed by atoms with E-state index in [0.717, 1.165) is 41.9 Å². The molecule has 206 valence electrons. The Morgan fingerprint density at radius 3 is 2.72 bits per heavy atom. The predicted molar refractivity (Wildman–Crippen MR) is 148 cm³/mol. The van der Waals surface area contributed by atoms with Gasteiger partial charge in [-0.15, -0.1) is 0 Å². The number of carbonyl (C=O) groups excluding carboxylic acids is 1. The smallest absolute Gasteiger partial charge is 0.254 e. The van der Waals surface area contributed by atoms with E-state index in [1.54, 1.807) is 11.8 Å². The zero-order valence-corrected chi connectivity index (χ0v) is 23.0. The molecule has 1 fully saturated rings. The van der Waals surface area contributed by atoms with Crippen molar-refractivity contribution in [1.82, 2.24) is 15.2 Å². The number of carbonyl (C=O) groups is 1. The largest absolute Gasteiger partial charge is 0.491 e. The van der Waals surface area contributed by atoms with Crippen molar-refractivity contribution in [2.24, 2.45) is 0 Å². The lowest BCUT2D eigenvalue weighted by atomic mass is 10.0. The molecule has 0 aliphatic carbocycles. The standard InChI is InChI=1S/C29H33FN4O4S/c1-3-23-24(8-10-26(28(23)30)39(2,36)37)29(35)34-13-14-38-25-9-6-19(15-21(25)18-34)20-7-11-27(32-16-20)33-17-22-5-4-12-31-22/h6-11,15-16,22,31H,3-5,12-14,17-18H2,1-2H3,(H,32,33). The Bertz CT molecular complexity index is 1470. The van der Waals surface area contributed by atoms with Gasteiger partial charge in [0.2, 0.25) is 0 Å². The van der Waals surface area contributed by atoms with Crippen LogP contribution in [0.15, 0.2) is 53.6 Å². The van der Waals surface area contributed by atoms with E-state index in [1.807, 2.05) is 36.5 Å². The summed E-state index contributed by atoms with van der Waals surface area (Å²) in [5, 5.41) is 6.85. The molecule has 2 N–H and O–H groups in total. The number of pyridine rings is 1. The molecule has 10 heteroatoms. The molecule has 1 unspecified atom stereocenters. The highest BCUT2D eigenvalue weighted by Gasteiger charge is 2.27. The van der Waals surface area contributed by atoms with E-state index < -0.39 is 20.5 Å². The number of hydrogen-bond donors (Lipinski definition) is 2. The minimum absolute atomic E-state index is 0.102. The van der Waals surface area contributed by atoms with Crippen molar-refractivity contribution in [3.63, 3.8) is 0 Å². The molecule has 1 atom stereocenters. The second-order valence-electron chi connectivity index (χ2n) is 10.0. The average molecular weight is 553 g/mol. The number of rotatable bonds is 7. The van der Waals surface area contributed by atoms with Crippen LogP contribution in [0.5, 0.6) is 5.75 Å². The quantitative estimate of drug-likeness (QED) is 0.456. The van der Waals surface area contributed by atoms with Crippen molar-refractivity contribution < 1.29 is 22.3 Å². The molecule has 3 aromatic rings. The SMILES string of the molecule is CCc1c(C(=O)N2CCOc3ccc(-c4ccc(NCC5CCCN5)nc4)cc3C2)ccc(S(C)(=O)=O)c1F. The molecule has 0 radical (unpaired) electrons. The van der Waals surface area contributed by atoms with Crippen molar-refractivity contribution in [3.05, 3.63) is 71.2 Å². The molecule has 8 nitrogen and oxygen atoms in total. The molecule has 0 saturated carbocycles. The van der Waals surface area contributed by atoms with Gasteiger partial charge in [-0.05, 0) is 67.8 Å². The first kappa shape index (κ1) is 27.1. The molecule has 0 bridgehead atoms. The highest BCUT2D eigenvalue weighted by molar-refractivity contribution is 7.90. The molecule has 1 saturated heterocycles. The van der Waals surface area contributed by atoms with E-state index >= 15 is 4.39 Å². The number of sulfone groups is 1. The molecule has 2 aliphatic heterocycles. The van der Waals surface area contributed by atoms with E-state index in [2.05, 4.69) is 15.6 Å². The summed E-state index contributed by atoms with van der Waals surface area (Å²) in [6.45, 7) is 4.50. The molecular formula is C29H33FN4O4S. The first-order chi connectivity index (χ1) is 18.7. The van der Waals surface area contributed by atoms with Crippen LogP contribution in [-0.2, 0) is 22.8 Å². The molecule has 2 aromatic carbocycles. The fourth-order valence-corrected chi connectivity index (χ4v) is 5.94. The van der Waals surface area contributed by atoms with E-state index in [9.17, 15) is 13.2 Å². The van der Waals surface area contributed by atoms with Gasteiger partial charge in [0.25, 0.3) is 5.91 Å². The minimum atomic E-state index is -3.75. The van der Waals surface area contributed by atoms with Gasteiger partial charge in [-0.3, -0.25) is 4.79 Å². The number of anilines is 1. The van der Waals surface area contributed by atoms with E-state index in [1.165, 1.54) is 25.0 Å². The number of halogens is 1. The van der Waals surface area contributed by atoms with Crippen LogP contribution in [0, 0.1) is 5.82 Å². The summed E-state index contributed by atoms with van der Waals surface area (Å²) >= 11 is 0. The number of nitrogens with zero attached hydrogens (tertiary/aromatic N) is 2.